The van der Waals surface area contributed by atoms with Gasteiger partial charge in [0.2, 0.25) is 0 Å². The van der Waals surface area contributed by atoms with Crippen LogP contribution in [0.25, 0.3) is 0 Å². The second kappa shape index (κ2) is 15.2. The van der Waals surface area contributed by atoms with Crippen LogP contribution in [0.1, 0.15) is 132 Å². The highest BCUT2D eigenvalue weighted by Crippen LogP contribution is 2.44. The molecule has 1 aromatic rings. The maximum Gasteiger partial charge on any atom is 0.303 e. The predicted octanol–water partition coefficient (Wildman–Crippen LogP) is 6.92. The monoisotopic (exact) mass is 510 g/mol. The molecule has 7 nitrogen and oxygen atoms in total. The summed E-state index contributed by atoms with van der Waals surface area (Å²) >= 11 is 0. The molecule has 0 radical (unpaired) electrons. The van der Waals surface area contributed by atoms with E-state index < -0.39 is 22.1 Å². The van der Waals surface area contributed by atoms with E-state index >= 15 is 0 Å². The van der Waals surface area contributed by atoms with Crippen molar-refractivity contribution in [3.8, 4) is 0 Å². The zero-order chi connectivity index (χ0) is 25.7. The van der Waals surface area contributed by atoms with Crippen molar-refractivity contribution < 1.29 is 32.8 Å². The summed E-state index contributed by atoms with van der Waals surface area (Å²) < 4.78 is 33.1. The second-order valence-electron chi connectivity index (χ2n) is 9.99. The van der Waals surface area contributed by atoms with Crippen LogP contribution in [0.15, 0.2) is 23.1 Å². The van der Waals surface area contributed by atoms with Crippen LogP contribution in [0.5, 0.6) is 0 Å². The summed E-state index contributed by atoms with van der Waals surface area (Å²) in [5.41, 5.74) is 2.28. The van der Waals surface area contributed by atoms with Gasteiger partial charge in [-0.1, -0.05) is 63.9 Å². The SMILES string of the molecule is O=C(O)CCCCCCCCC1CCC(CCCCCCCC(=O)O)c2cc(S(=O)(=O)O)ccc21. The van der Waals surface area contributed by atoms with Crippen molar-refractivity contribution in [1.82, 2.24) is 0 Å². The van der Waals surface area contributed by atoms with Gasteiger partial charge in [0.15, 0.2) is 0 Å². The number of hydrogen-bond donors (Lipinski definition) is 3. The molecule has 0 saturated carbocycles. The van der Waals surface area contributed by atoms with E-state index in [4.69, 9.17) is 10.2 Å². The van der Waals surface area contributed by atoms with Crippen molar-refractivity contribution in [3.05, 3.63) is 29.3 Å². The van der Waals surface area contributed by atoms with E-state index in [2.05, 4.69) is 0 Å². The molecule has 1 aliphatic carbocycles. The summed E-state index contributed by atoms with van der Waals surface area (Å²) in [6.07, 6.45) is 15.4. The number of carboxylic acid groups (broad SMARTS) is 2. The van der Waals surface area contributed by atoms with Crippen LogP contribution in [-0.2, 0) is 19.7 Å². The van der Waals surface area contributed by atoms with Gasteiger partial charge >= 0.3 is 11.9 Å². The van der Waals surface area contributed by atoms with Crippen LogP contribution in [0.3, 0.4) is 0 Å². The topological polar surface area (TPSA) is 129 Å². The number of benzene rings is 1. The number of aliphatic carboxylic acids is 2. The van der Waals surface area contributed by atoms with Crippen molar-refractivity contribution in [1.29, 1.82) is 0 Å². The Labute approximate surface area is 210 Å². The molecule has 2 unspecified atom stereocenters. The first-order valence-corrected chi connectivity index (χ1v) is 14.7. The molecule has 0 spiro atoms. The molecule has 0 saturated heterocycles. The van der Waals surface area contributed by atoms with Crippen molar-refractivity contribution in [2.45, 2.75) is 126 Å². The fourth-order valence-electron chi connectivity index (χ4n) is 5.32. The van der Waals surface area contributed by atoms with Gasteiger partial charge in [0, 0.05) is 12.8 Å². The molecule has 2 atom stereocenters. The van der Waals surface area contributed by atoms with Crippen LogP contribution in [0.2, 0.25) is 0 Å². The molecule has 1 aromatic carbocycles. The van der Waals surface area contributed by atoms with Gasteiger partial charge < -0.3 is 10.2 Å². The van der Waals surface area contributed by atoms with E-state index in [0.29, 0.717) is 12.3 Å². The number of unbranched alkanes of at least 4 members (excludes halogenated alkanes) is 9. The van der Waals surface area contributed by atoms with Gasteiger partial charge in [-0.05, 0) is 73.6 Å². The van der Waals surface area contributed by atoms with Crippen molar-refractivity contribution >= 4 is 22.1 Å². The Morgan fingerprint density at radius 3 is 1.57 bits per heavy atom. The number of carbonyl (C=O) groups is 2. The van der Waals surface area contributed by atoms with E-state index in [9.17, 15) is 22.6 Å². The number of rotatable bonds is 18. The maximum absolute atomic E-state index is 11.8. The number of fused-ring (bicyclic) bond motifs is 1. The van der Waals surface area contributed by atoms with Crippen molar-refractivity contribution in [3.63, 3.8) is 0 Å². The summed E-state index contributed by atoms with van der Waals surface area (Å²) in [5.74, 6) is -0.785. The molecular formula is C27H42O7S. The summed E-state index contributed by atoms with van der Waals surface area (Å²) in [6.45, 7) is 0. The molecule has 35 heavy (non-hydrogen) atoms. The van der Waals surface area contributed by atoms with E-state index in [1.807, 2.05) is 6.07 Å². The summed E-state index contributed by atoms with van der Waals surface area (Å²) in [6, 6.07) is 5.10. The van der Waals surface area contributed by atoms with Crippen LogP contribution in [0.4, 0.5) is 0 Å². The standard InChI is InChI=1S/C27H42O7S/c28-26(29)14-10-6-2-1-4-8-12-21-16-17-22(13-9-5-3-7-11-15-27(30)31)25-20-23(35(32,33)34)18-19-24(21)25/h18-22H,1-17H2,(H,28,29)(H,30,31)(H,32,33,34). The molecule has 198 valence electrons. The van der Waals surface area contributed by atoms with Gasteiger partial charge in [-0.15, -0.1) is 0 Å². The summed E-state index contributed by atoms with van der Waals surface area (Å²) in [5, 5.41) is 17.4. The van der Waals surface area contributed by atoms with E-state index in [0.717, 1.165) is 95.5 Å². The highest BCUT2D eigenvalue weighted by molar-refractivity contribution is 7.85. The lowest BCUT2D eigenvalue weighted by molar-refractivity contribution is -0.138. The highest BCUT2D eigenvalue weighted by atomic mass is 32.2. The molecule has 0 aromatic heterocycles. The molecule has 0 heterocycles. The lowest BCUT2D eigenvalue weighted by atomic mass is 9.73. The average Bonchev–Trinajstić information content (AvgIpc) is 2.79. The van der Waals surface area contributed by atoms with Crippen LogP contribution >= 0.6 is 0 Å². The molecule has 3 N–H and O–H groups in total. The molecule has 0 amide bonds. The molecule has 0 fully saturated rings. The van der Waals surface area contributed by atoms with Crippen molar-refractivity contribution in [2.24, 2.45) is 0 Å². The predicted molar refractivity (Wildman–Crippen MR) is 135 cm³/mol. The fourth-order valence-corrected chi connectivity index (χ4v) is 5.84. The van der Waals surface area contributed by atoms with E-state index in [1.54, 1.807) is 6.07 Å². The minimum absolute atomic E-state index is 0.0306. The normalized spacial score (nSPS) is 17.7. The van der Waals surface area contributed by atoms with Gasteiger partial charge in [-0.3, -0.25) is 14.1 Å². The molecule has 0 bridgehead atoms. The smallest absolute Gasteiger partial charge is 0.303 e. The van der Waals surface area contributed by atoms with Crippen LogP contribution < -0.4 is 0 Å². The van der Waals surface area contributed by atoms with E-state index in [-0.39, 0.29) is 23.7 Å². The Balaban J connectivity index is 1.87. The highest BCUT2D eigenvalue weighted by Gasteiger charge is 2.28. The minimum Gasteiger partial charge on any atom is -0.481 e. The third-order valence-electron chi connectivity index (χ3n) is 7.24. The second-order valence-corrected chi connectivity index (χ2v) is 11.4. The Hall–Kier alpha value is -1.93. The largest absolute Gasteiger partial charge is 0.481 e. The van der Waals surface area contributed by atoms with Crippen LogP contribution in [-0.4, -0.2) is 35.1 Å². The zero-order valence-electron chi connectivity index (χ0n) is 20.8. The fraction of sp³-hybridized carbons (Fsp3) is 0.704. The van der Waals surface area contributed by atoms with Gasteiger partial charge in [0.25, 0.3) is 10.1 Å². The van der Waals surface area contributed by atoms with E-state index in [1.165, 1.54) is 11.6 Å². The molecule has 8 heteroatoms. The van der Waals surface area contributed by atoms with Crippen molar-refractivity contribution in [2.75, 3.05) is 0 Å². The molecular weight excluding hydrogens is 468 g/mol. The summed E-state index contributed by atoms with van der Waals surface area (Å²) in [4.78, 5) is 21.2. The molecule has 2 rings (SSSR count). The molecule has 0 aliphatic heterocycles. The third-order valence-corrected chi connectivity index (χ3v) is 8.09. The number of carboxylic acids is 2. The average molecular weight is 511 g/mol. The lowest BCUT2D eigenvalue weighted by Crippen LogP contribution is -2.16. The van der Waals surface area contributed by atoms with Gasteiger partial charge in [-0.25, -0.2) is 0 Å². The van der Waals surface area contributed by atoms with Crippen LogP contribution in [0, 0.1) is 0 Å². The first-order chi connectivity index (χ1) is 16.7. The quantitative estimate of drug-likeness (QED) is 0.144. The lowest BCUT2D eigenvalue weighted by Gasteiger charge is -2.32. The molecule has 1 aliphatic rings. The summed E-state index contributed by atoms with van der Waals surface area (Å²) in [7, 11) is -4.24. The Morgan fingerprint density at radius 1 is 0.686 bits per heavy atom. The van der Waals surface area contributed by atoms with Gasteiger partial charge in [0.05, 0.1) is 4.90 Å². The minimum atomic E-state index is -4.24. The first-order valence-electron chi connectivity index (χ1n) is 13.2. The maximum atomic E-state index is 11.8. The zero-order valence-corrected chi connectivity index (χ0v) is 21.6. The Kier molecular flexibility index (Phi) is 12.8. The van der Waals surface area contributed by atoms with Gasteiger partial charge in [-0.2, -0.15) is 8.42 Å². The third kappa shape index (κ3) is 11.1. The Bertz CT molecular complexity index is 910. The first kappa shape index (κ1) is 29.3. The number of hydrogen-bond acceptors (Lipinski definition) is 4. The van der Waals surface area contributed by atoms with Gasteiger partial charge in [0.1, 0.15) is 0 Å². The Morgan fingerprint density at radius 2 is 1.11 bits per heavy atom.